The molecule has 5 heavy (non-hydrogen) atoms. The van der Waals surface area contributed by atoms with Gasteiger partial charge < -0.3 is 10.5 Å². The molecule has 0 aromatic carbocycles. The van der Waals surface area contributed by atoms with E-state index in [0.29, 0.717) is 0 Å². The summed E-state index contributed by atoms with van der Waals surface area (Å²) in [5, 5.41) is 0. The van der Waals surface area contributed by atoms with Crippen LogP contribution >= 0.6 is 0 Å². The molecule has 32 valence electrons. The number of rotatable bonds is 1. The van der Waals surface area contributed by atoms with Gasteiger partial charge in [0.05, 0.1) is 0 Å². The first kappa shape index (κ1) is 4.92. The van der Waals surface area contributed by atoms with E-state index in [1.54, 1.807) is 7.11 Å². The fourth-order valence-corrected chi connectivity index (χ4v) is 0. The largest absolute Gasteiger partial charge is 0.333 e. The molecule has 0 aromatic rings. The number of methoxy groups -OCH3 is 1. The van der Waals surface area contributed by atoms with Gasteiger partial charge in [0.2, 0.25) is 0 Å². The highest BCUT2D eigenvalue weighted by atomic mass is 16.5. The number of quaternary nitrogens is 1. The molecule has 0 saturated carbocycles. The summed E-state index contributed by atoms with van der Waals surface area (Å²) in [6.07, 6.45) is 0.134. The monoisotopic (exact) mass is 76.1 g/mol. The maximum Gasteiger partial charge on any atom is 0.185 e. The van der Waals surface area contributed by atoms with Crippen molar-refractivity contribution < 1.29 is 10.5 Å². The Kier molecular flexibility index (Phi) is 2.14. The average molecular weight is 76.1 g/mol. The van der Waals surface area contributed by atoms with Crippen LogP contribution in [0.15, 0.2) is 0 Å². The Morgan fingerprint density at radius 2 is 2.00 bits per heavy atom. The zero-order valence-electron chi connectivity index (χ0n) is 3.69. The van der Waals surface area contributed by atoms with E-state index in [2.05, 4.69) is 10.5 Å². The summed E-state index contributed by atoms with van der Waals surface area (Å²) < 4.78 is 4.64. The minimum atomic E-state index is 0.134. The van der Waals surface area contributed by atoms with Gasteiger partial charge in [0.15, 0.2) is 6.23 Å². The molecule has 0 fully saturated rings. The van der Waals surface area contributed by atoms with Crippen LogP contribution in [0.5, 0.6) is 0 Å². The molecule has 0 rings (SSSR count). The maximum absolute atomic E-state index is 4.64. The fourth-order valence-electron chi connectivity index (χ4n) is 0. The van der Waals surface area contributed by atoms with Gasteiger partial charge in [0, 0.05) is 14.0 Å². The van der Waals surface area contributed by atoms with Crippen LogP contribution in [0.3, 0.4) is 0 Å². The Balaban J connectivity index is 2.54. The number of ether oxygens (including phenoxy) is 1. The first-order valence-corrected chi connectivity index (χ1v) is 1.63. The summed E-state index contributed by atoms with van der Waals surface area (Å²) in [5.41, 5.74) is 3.53. The fraction of sp³-hybridized carbons (Fsp3) is 1.00. The van der Waals surface area contributed by atoms with Crippen LogP contribution in [0.2, 0.25) is 0 Å². The lowest BCUT2D eigenvalue weighted by atomic mass is 10.7. The molecule has 0 heterocycles. The van der Waals surface area contributed by atoms with Crippen LogP contribution in [-0.4, -0.2) is 13.3 Å². The van der Waals surface area contributed by atoms with Crippen molar-refractivity contribution in [1.82, 2.24) is 0 Å². The van der Waals surface area contributed by atoms with Crippen LogP contribution in [0.25, 0.3) is 0 Å². The van der Waals surface area contributed by atoms with E-state index in [9.17, 15) is 0 Å². The highest BCUT2D eigenvalue weighted by Crippen LogP contribution is 1.63. The number of hydrogen-bond donors (Lipinski definition) is 1. The molecule has 0 bridgehead atoms. The van der Waals surface area contributed by atoms with Crippen molar-refractivity contribution in [2.45, 2.75) is 13.2 Å². The molecule has 0 amide bonds. The first-order chi connectivity index (χ1) is 2.27. The van der Waals surface area contributed by atoms with Crippen LogP contribution in [-0.2, 0) is 4.74 Å². The van der Waals surface area contributed by atoms with Crippen molar-refractivity contribution in [2.24, 2.45) is 0 Å². The Hall–Kier alpha value is -0.0800. The van der Waals surface area contributed by atoms with Crippen molar-refractivity contribution in [3.05, 3.63) is 0 Å². The average Bonchev–Trinajstić information content (AvgIpc) is 1.38. The van der Waals surface area contributed by atoms with Crippen molar-refractivity contribution in [3.63, 3.8) is 0 Å². The quantitative estimate of drug-likeness (QED) is 0.409. The first-order valence-electron chi connectivity index (χ1n) is 1.63. The third kappa shape index (κ3) is 3.92. The second kappa shape index (κ2) is 2.18. The van der Waals surface area contributed by atoms with Crippen LogP contribution < -0.4 is 5.73 Å². The molecule has 1 atom stereocenters. The lowest BCUT2D eigenvalue weighted by Crippen LogP contribution is -2.59. The predicted octanol–water partition coefficient (Wildman–Crippen LogP) is -0.779. The zero-order valence-corrected chi connectivity index (χ0v) is 3.69. The van der Waals surface area contributed by atoms with Gasteiger partial charge in [-0.3, -0.25) is 0 Å². The molecule has 0 aromatic heterocycles. The zero-order chi connectivity index (χ0) is 4.28. The van der Waals surface area contributed by atoms with Crippen molar-refractivity contribution in [2.75, 3.05) is 7.11 Å². The van der Waals surface area contributed by atoms with E-state index >= 15 is 0 Å². The second-order valence-corrected chi connectivity index (χ2v) is 1.05. The van der Waals surface area contributed by atoms with Crippen LogP contribution in [0.4, 0.5) is 0 Å². The summed E-state index contributed by atoms with van der Waals surface area (Å²) in [6, 6.07) is 0. The molecular weight excluding hydrogens is 66.0 g/mol. The Morgan fingerprint density at radius 1 is 1.80 bits per heavy atom. The van der Waals surface area contributed by atoms with Gasteiger partial charge in [-0.05, 0) is 0 Å². The van der Waals surface area contributed by atoms with Gasteiger partial charge >= 0.3 is 0 Å². The van der Waals surface area contributed by atoms with E-state index in [0.717, 1.165) is 0 Å². The van der Waals surface area contributed by atoms with Gasteiger partial charge in [-0.25, -0.2) is 0 Å². The Morgan fingerprint density at radius 3 is 2.00 bits per heavy atom. The summed E-state index contributed by atoms with van der Waals surface area (Å²) in [7, 11) is 1.64. The van der Waals surface area contributed by atoms with E-state index in [1.165, 1.54) is 0 Å². The van der Waals surface area contributed by atoms with E-state index < -0.39 is 0 Å². The Labute approximate surface area is 31.9 Å². The van der Waals surface area contributed by atoms with E-state index in [4.69, 9.17) is 0 Å². The summed E-state index contributed by atoms with van der Waals surface area (Å²) in [6.45, 7) is 1.89. The van der Waals surface area contributed by atoms with Gasteiger partial charge in [0.1, 0.15) is 0 Å². The Bertz CT molecular complexity index is 20.9. The molecule has 2 heteroatoms. The highest BCUT2D eigenvalue weighted by Gasteiger charge is 1.83. The lowest BCUT2D eigenvalue weighted by molar-refractivity contribution is -0.480. The molecule has 1 unspecified atom stereocenters. The van der Waals surface area contributed by atoms with Crippen LogP contribution in [0, 0.1) is 0 Å². The maximum atomic E-state index is 4.64. The normalized spacial score (nSPS) is 15.0. The summed E-state index contributed by atoms with van der Waals surface area (Å²) >= 11 is 0. The minimum absolute atomic E-state index is 0.134. The smallest absolute Gasteiger partial charge is 0.185 e. The standard InChI is InChI=1S/C3H9NO/c1-3(4)5-2/h3H,4H2,1-2H3/p+1. The molecule has 3 N–H and O–H groups in total. The summed E-state index contributed by atoms with van der Waals surface area (Å²) in [4.78, 5) is 0. The third-order valence-corrected chi connectivity index (χ3v) is 0.402. The highest BCUT2D eigenvalue weighted by molar-refractivity contribution is 4.07. The van der Waals surface area contributed by atoms with Crippen LogP contribution in [0.1, 0.15) is 6.92 Å². The molecule has 0 spiro atoms. The molecule has 0 aliphatic rings. The summed E-state index contributed by atoms with van der Waals surface area (Å²) in [5.74, 6) is 0. The molecule has 0 aliphatic carbocycles. The van der Waals surface area contributed by atoms with Crippen molar-refractivity contribution >= 4 is 0 Å². The lowest BCUT2D eigenvalue weighted by Gasteiger charge is -1.91. The van der Waals surface area contributed by atoms with Gasteiger partial charge in [0.25, 0.3) is 0 Å². The van der Waals surface area contributed by atoms with Crippen molar-refractivity contribution in [3.8, 4) is 0 Å². The molecule has 0 saturated heterocycles. The van der Waals surface area contributed by atoms with Crippen molar-refractivity contribution in [1.29, 1.82) is 0 Å². The third-order valence-electron chi connectivity index (χ3n) is 0.402. The molecule has 0 radical (unpaired) electrons. The molecule has 0 aliphatic heterocycles. The molecule has 2 nitrogen and oxygen atoms in total. The number of hydrogen-bond acceptors (Lipinski definition) is 1. The van der Waals surface area contributed by atoms with Gasteiger partial charge in [-0.1, -0.05) is 0 Å². The SMILES string of the molecule is COC(C)[NH3+]. The molecular formula is C3H10NO+. The topological polar surface area (TPSA) is 36.9 Å². The minimum Gasteiger partial charge on any atom is -0.333 e. The van der Waals surface area contributed by atoms with E-state index in [1.807, 2.05) is 6.92 Å². The predicted molar refractivity (Wildman–Crippen MR) is 19.4 cm³/mol. The second-order valence-electron chi connectivity index (χ2n) is 1.05. The van der Waals surface area contributed by atoms with Gasteiger partial charge in [-0.15, -0.1) is 0 Å². The van der Waals surface area contributed by atoms with Gasteiger partial charge in [-0.2, -0.15) is 0 Å². The van der Waals surface area contributed by atoms with E-state index in [-0.39, 0.29) is 6.23 Å².